The largest absolute Gasteiger partial charge is 0.452 e. The Bertz CT molecular complexity index is 419. The van der Waals surface area contributed by atoms with Crippen molar-refractivity contribution < 1.29 is 17.9 Å². The molecule has 18 heavy (non-hydrogen) atoms. The summed E-state index contributed by atoms with van der Waals surface area (Å²) in [4.78, 5) is 10.9. The summed E-state index contributed by atoms with van der Waals surface area (Å²) in [7, 11) is -2.71. The maximum absolute atomic E-state index is 11.6. The zero-order chi connectivity index (χ0) is 13.2. The Morgan fingerprint density at radius 2 is 2.17 bits per heavy atom. The molecule has 2 aliphatic rings. The van der Waals surface area contributed by atoms with Crippen molar-refractivity contribution in [2.45, 2.75) is 43.7 Å². The highest BCUT2D eigenvalue weighted by Gasteiger charge is 2.41. The van der Waals surface area contributed by atoms with Crippen LogP contribution in [0.25, 0.3) is 0 Å². The third-order valence-corrected chi connectivity index (χ3v) is 4.74. The summed E-state index contributed by atoms with van der Waals surface area (Å²) in [6, 6.07) is -0.131. The van der Waals surface area contributed by atoms with Gasteiger partial charge in [0.15, 0.2) is 0 Å². The molecule has 104 valence electrons. The SMILES string of the molecule is COC(=O)NS(=O)(=O)NC1CCNC2(CCC2)C1. The lowest BCUT2D eigenvalue weighted by atomic mass is 9.70. The van der Waals surface area contributed by atoms with Gasteiger partial charge in [0.2, 0.25) is 0 Å². The van der Waals surface area contributed by atoms with E-state index in [9.17, 15) is 13.2 Å². The van der Waals surface area contributed by atoms with E-state index in [1.165, 1.54) is 6.42 Å². The Hall–Kier alpha value is -0.860. The molecule has 0 aromatic heterocycles. The van der Waals surface area contributed by atoms with Gasteiger partial charge >= 0.3 is 16.3 Å². The van der Waals surface area contributed by atoms with Crippen molar-refractivity contribution in [1.29, 1.82) is 0 Å². The lowest BCUT2D eigenvalue weighted by Crippen LogP contribution is -2.60. The van der Waals surface area contributed by atoms with E-state index in [2.05, 4.69) is 14.8 Å². The first-order valence-corrected chi connectivity index (χ1v) is 7.56. The van der Waals surface area contributed by atoms with Crippen LogP contribution in [0.4, 0.5) is 4.79 Å². The first-order chi connectivity index (χ1) is 8.45. The maximum Gasteiger partial charge on any atom is 0.421 e. The third kappa shape index (κ3) is 3.12. The highest BCUT2D eigenvalue weighted by molar-refractivity contribution is 7.88. The van der Waals surface area contributed by atoms with Gasteiger partial charge in [-0.3, -0.25) is 0 Å². The molecule has 2 fully saturated rings. The molecule has 0 aromatic carbocycles. The minimum atomic E-state index is -3.83. The fraction of sp³-hybridized carbons (Fsp3) is 0.900. The molecule has 1 unspecified atom stereocenters. The molecule has 1 heterocycles. The van der Waals surface area contributed by atoms with Gasteiger partial charge in [0.05, 0.1) is 7.11 Å². The van der Waals surface area contributed by atoms with Crippen LogP contribution in [0.2, 0.25) is 0 Å². The van der Waals surface area contributed by atoms with E-state index in [4.69, 9.17) is 0 Å². The molecule has 0 aromatic rings. The number of ether oxygens (including phenoxy) is 1. The molecular weight excluding hydrogens is 258 g/mol. The van der Waals surface area contributed by atoms with E-state index in [-0.39, 0.29) is 11.6 Å². The summed E-state index contributed by atoms with van der Waals surface area (Å²) in [5.74, 6) is 0. The van der Waals surface area contributed by atoms with Crippen molar-refractivity contribution in [3.8, 4) is 0 Å². The van der Waals surface area contributed by atoms with Crippen LogP contribution in [0.5, 0.6) is 0 Å². The number of hydrogen-bond donors (Lipinski definition) is 3. The lowest BCUT2D eigenvalue weighted by molar-refractivity contribution is 0.126. The van der Waals surface area contributed by atoms with Crippen LogP contribution in [0.1, 0.15) is 32.1 Å². The van der Waals surface area contributed by atoms with Crippen molar-refractivity contribution in [2.24, 2.45) is 0 Å². The van der Waals surface area contributed by atoms with Crippen molar-refractivity contribution in [1.82, 2.24) is 14.8 Å². The molecule has 8 heteroatoms. The molecule has 1 saturated heterocycles. The average molecular weight is 277 g/mol. The van der Waals surface area contributed by atoms with Gasteiger partial charge < -0.3 is 10.1 Å². The minimum Gasteiger partial charge on any atom is -0.452 e. The van der Waals surface area contributed by atoms with E-state index < -0.39 is 16.3 Å². The fourth-order valence-corrected chi connectivity index (χ4v) is 3.64. The molecule has 1 atom stereocenters. The number of carbonyl (C=O) groups is 1. The van der Waals surface area contributed by atoms with Crippen LogP contribution in [-0.4, -0.2) is 39.7 Å². The average Bonchev–Trinajstić information content (AvgIpc) is 2.25. The van der Waals surface area contributed by atoms with Gasteiger partial charge in [0.1, 0.15) is 0 Å². The van der Waals surface area contributed by atoms with Crippen molar-refractivity contribution in [2.75, 3.05) is 13.7 Å². The van der Waals surface area contributed by atoms with E-state index in [1.807, 2.05) is 0 Å². The first kappa shape index (κ1) is 13.6. The Morgan fingerprint density at radius 3 is 2.72 bits per heavy atom. The standard InChI is InChI=1S/C10H19N3O4S/c1-17-9(14)13-18(15,16)12-8-3-6-11-10(7-8)4-2-5-10/h8,11-12H,2-7H2,1H3,(H,13,14). The zero-order valence-corrected chi connectivity index (χ0v) is 11.2. The second-order valence-corrected chi connectivity index (χ2v) is 6.41. The van der Waals surface area contributed by atoms with Crippen molar-refractivity contribution >= 4 is 16.3 Å². The number of amides is 1. The molecule has 0 radical (unpaired) electrons. The molecule has 3 N–H and O–H groups in total. The van der Waals surface area contributed by atoms with Crippen molar-refractivity contribution in [3.63, 3.8) is 0 Å². The van der Waals surface area contributed by atoms with Gasteiger partial charge in [-0.15, -0.1) is 0 Å². The van der Waals surface area contributed by atoms with Crippen LogP contribution in [0.15, 0.2) is 0 Å². The summed E-state index contributed by atoms with van der Waals surface area (Å²) in [6.45, 7) is 0.797. The smallest absolute Gasteiger partial charge is 0.421 e. The van der Waals surface area contributed by atoms with Gasteiger partial charge in [-0.1, -0.05) is 0 Å². The van der Waals surface area contributed by atoms with Gasteiger partial charge in [0, 0.05) is 11.6 Å². The molecule has 0 bridgehead atoms. The normalized spacial score (nSPS) is 26.4. The Kier molecular flexibility index (Phi) is 3.79. The number of nitrogens with one attached hydrogen (secondary N) is 3. The summed E-state index contributed by atoms with van der Waals surface area (Å²) >= 11 is 0. The number of hydrogen-bond acceptors (Lipinski definition) is 5. The van der Waals surface area contributed by atoms with E-state index in [0.717, 1.165) is 39.3 Å². The Labute approximate surface area is 107 Å². The molecule has 1 amide bonds. The van der Waals surface area contributed by atoms with Crippen LogP contribution in [0.3, 0.4) is 0 Å². The summed E-state index contributed by atoms with van der Waals surface area (Å²) in [5, 5.41) is 3.45. The Morgan fingerprint density at radius 1 is 1.44 bits per heavy atom. The van der Waals surface area contributed by atoms with E-state index >= 15 is 0 Å². The topological polar surface area (TPSA) is 96.5 Å². The van der Waals surface area contributed by atoms with Crippen molar-refractivity contribution in [3.05, 3.63) is 0 Å². The monoisotopic (exact) mass is 277 g/mol. The van der Waals surface area contributed by atoms with Gasteiger partial charge in [-0.2, -0.15) is 13.1 Å². The summed E-state index contributed by atoms with van der Waals surface area (Å²) in [5.41, 5.74) is 0.108. The van der Waals surface area contributed by atoms with Crippen LogP contribution < -0.4 is 14.8 Å². The quantitative estimate of drug-likeness (QED) is 0.667. The predicted octanol–water partition coefficient (Wildman–Crippen LogP) is -0.148. The fourth-order valence-electron chi connectivity index (χ4n) is 2.64. The molecule has 1 spiro atoms. The van der Waals surface area contributed by atoms with E-state index in [0.29, 0.717) is 0 Å². The van der Waals surface area contributed by atoms with Crippen LogP contribution >= 0.6 is 0 Å². The van der Waals surface area contributed by atoms with Crippen LogP contribution in [0, 0.1) is 0 Å². The number of piperidine rings is 1. The second kappa shape index (κ2) is 5.02. The van der Waals surface area contributed by atoms with Gasteiger partial charge in [-0.05, 0) is 38.6 Å². The molecule has 7 nitrogen and oxygen atoms in total. The number of methoxy groups -OCH3 is 1. The first-order valence-electron chi connectivity index (χ1n) is 6.08. The molecular formula is C10H19N3O4S. The lowest BCUT2D eigenvalue weighted by Gasteiger charge is -2.48. The summed E-state index contributed by atoms with van der Waals surface area (Å²) in [6.07, 6.45) is 3.90. The molecule has 1 aliphatic carbocycles. The molecule has 1 aliphatic heterocycles. The maximum atomic E-state index is 11.6. The highest BCUT2D eigenvalue weighted by atomic mass is 32.2. The van der Waals surface area contributed by atoms with Gasteiger partial charge in [0.25, 0.3) is 0 Å². The third-order valence-electron chi connectivity index (χ3n) is 3.67. The predicted molar refractivity (Wildman–Crippen MR) is 65.2 cm³/mol. The zero-order valence-electron chi connectivity index (χ0n) is 10.4. The number of rotatable bonds is 3. The Balaban J connectivity index is 1.90. The van der Waals surface area contributed by atoms with E-state index in [1.54, 1.807) is 4.72 Å². The summed E-state index contributed by atoms with van der Waals surface area (Å²) < 4.78 is 31.9. The molecule has 2 rings (SSSR count). The van der Waals surface area contributed by atoms with Gasteiger partial charge in [-0.25, -0.2) is 9.52 Å². The molecule has 1 saturated carbocycles. The second-order valence-electron chi connectivity index (χ2n) is 4.97. The highest BCUT2D eigenvalue weighted by Crippen LogP contribution is 2.38. The number of carbonyl (C=O) groups excluding carboxylic acids is 1. The minimum absolute atomic E-state index is 0.108. The van der Waals surface area contributed by atoms with Crippen LogP contribution in [-0.2, 0) is 14.9 Å².